The summed E-state index contributed by atoms with van der Waals surface area (Å²) in [7, 11) is 0. The van der Waals surface area contributed by atoms with Crippen LogP contribution in [0.4, 0.5) is 5.69 Å². The van der Waals surface area contributed by atoms with E-state index in [-0.39, 0.29) is 18.4 Å². The second-order valence-electron chi connectivity index (χ2n) is 6.96. The van der Waals surface area contributed by atoms with Crippen LogP contribution >= 0.6 is 0 Å². The van der Waals surface area contributed by atoms with Crippen molar-refractivity contribution in [2.75, 3.05) is 11.9 Å². The van der Waals surface area contributed by atoms with Gasteiger partial charge >= 0.3 is 5.97 Å². The van der Waals surface area contributed by atoms with E-state index in [0.717, 1.165) is 29.1 Å². The number of amides is 1. The SMILES string of the molecule is CCOC(=O)c1cc(C)n(CC(=O)Nc2ccccc2Cc2ccccc2)c1C. The maximum atomic E-state index is 12.7. The molecule has 5 heteroatoms. The Morgan fingerprint density at radius 2 is 1.69 bits per heavy atom. The molecular formula is C24H26N2O3. The number of aromatic nitrogens is 1. The van der Waals surface area contributed by atoms with Crippen molar-refractivity contribution in [3.05, 3.63) is 88.7 Å². The lowest BCUT2D eigenvalue weighted by atomic mass is 10.0. The average molecular weight is 390 g/mol. The van der Waals surface area contributed by atoms with Crippen molar-refractivity contribution in [1.82, 2.24) is 4.57 Å². The Morgan fingerprint density at radius 1 is 1.00 bits per heavy atom. The molecule has 5 nitrogen and oxygen atoms in total. The average Bonchev–Trinajstić information content (AvgIpc) is 2.99. The number of nitrogens with one attached hydrogen (secondary N) is 1. The van der Waals surface area contributed by atoms with Gasteiger partial charge in [-0.2, -0.15) is 0 Å². The van der Waals surface area contributed by atoms with Gasteiger partial charge in [-0.1, -0.05) is 48.5 Å². The molecule has 0 spiro atoms. The fraction of sp³-hybridized carbons (Fsp3) is 0.250. The largest absolute Gasteiger partial charge is 0.462 e. The second-order valence-corrected chi connectivity index (χ2v) is 6.96. The molecule has 0 saturated heterocycles. The quantitative estimate of drug-likeness (QED) is 0.604. The number of carbonyl (C=O) groups is 2. The Morgan fingerprint density at radius 3 is 2.41 bits per heavy atom. The van der Waals surface area contributed by atoms with Crippen LogP contribution in [0.3, 0.4) is 0 Å². The van der Waals surface area contributed by atoms with Crippen molar-refractivity contribution in [1.29, 1.82) is 0 Å². The topological polar surface area (TPSA) is 60.3 Å². The highest BCUT2D eigenvalue weighted by Gasteiger charge is 2.18. The molecule has 0 aliphatic rings. The van der Waals surface area contributed by atoms with Crippen molar-refractivity contribution in [3.8, 4) is 0 Å². The number of esters is 1. The minimum absolute atomic E-state index is 0.136. The molecule has 29 heavy (non-hydrogen) atoms. The number of rotatable bonds is 7. The Kier molecular flexibility index (Phi) is 6.50. The summed E-state index contributed by atoms with van der Waals surface area (Å²) in [6.45, 7) is 5.94. The van der Waals surface area contributed by atoms with Crippen LogP contribution in [0.25, 0.3) is 0 Å². The van der Waals surface area contributed by atoms with Gasteiger partial charge in [-0.05, 0) is 50.5 Å². The van der Waals surface area contributed by atoms with Crippen LogP contribution < -0.4 is 5.32 Å². The molecule has 0 atom stereocenters. The van der Waals surface area contributed by atoms with Gasteiger partial charge in [0.05, 0.1) is 12.2 Å². The zero-order chi connectivity index (χ0) is 20.8. The molecule has 3 rings (SSSR count). The van der Waals surface area contributed by atoms with E-state index < -0.39 is 0 Å². The zero-order valence-corrected chi connectivity index (χ0v) is 17.1. The van der Waals surface area contributed by atoms with Gasteiger partial charge in [0.2, 0.25) is 5.91 Å². The van der Waals surface area contributed by atoms with E-state index in [1.807, 2.05) is 60.9 Å². The molecule has 0 saturated carbocycles. The predicted octanol–water partition coefficient (Wildman–Crippen LogP) is 4.51. The molecule has 1 amide bonds. The number of para-hydroxylation sites is 1. The number of hydrogen-bond acceptors (Lipinski definition) is 3. The normalized spacial score (nSPS) is 10.6. The van der Waals surface area contributed by atoms with Gasteiger partial charge < -0.3 is 14.6 Å². The van der Waals surface area contributed by atoms with Crippen LogP contribution in [0.1, 0.15) is 39.8 Å². The Bertz CT molecular complexity index is 1010. The number of aryl methyl sites for hydroxylation is 1. The molecule has 0 radical (unpaired) electrons. The van der Waals surface area contributed by atoms with Gasteiger partial charge in [0, 0.05) is 17.1 Å². The fourth-order valence-electron chi connectivity index (χ4n) is 3.41. The molecule has 1 aromatic heterocycles. The molecule has 0 fully saturated rings. The number of nitrogens with zero attached hydrogens (tertiary/aromatic N) is 1. The molecule has 150 valence electrons. The first-order chi connectivity index (χ1) is 14.0. The summed E-state index contributed by atoms with van der Waals surface area (Å²) in [5.74, 6) is -0.497. The Hall–Kier alpha value is -3.34. The highest BCUT2D eigenvalue weighted by molar-refractivity contribution is 5.93. The minimum atomic E-state index is -0.361. The van der Waals surface area contributed by atoms with Crippen LogP contribution in [-0.4, -0.2) is 23.1 Å². The first-order valence-corrected chi connectivity index (χ1v) is 9.75. The third-order valence-electron chi connectivity index (χ3n) is 4.90. The van der Waals surface area contributed by atoms with E-state index in [1.165, 1.54) is 5.56 Å². The molecule has 3 aromatic rings. The monoisotopic (exact) mass is 390 g/mol. The third-order valence-corrected chi connectivity index (χ3v) is 4.90. The minimum Gasteiger partial charge on any atom is -0.462 e. The molecule has 2 aromatic carbocycles. The van der Waals surface area contributed by atoms with Crippen molar-refractivity contribution in [2.24, 2.45) is 0 Å². The molecular weight excluding hydrogens is 364 g/mol. The molecule has 0 unspecified atom stereocenters. The van der Waals surface area contributed by atoms with Gasteiger partial charge in [0.1, 0.15) is 6.54 Å². The molecule has 1 N–H and O–H groups in total. The molecule has 0 aliphatic heterocycles. The standard InChI is InChI=1S/C24H26N2O3/c1-4-29-24(28)21-14-17(2)26(18(21)3)16-23(27)25-22-13-9-8-12-20(22)15-19-10-6-5-7-11-19/h5-14H,4,15-16H2,1-3H3,(H,25,27). The number of benzene rings is 2. The first-order valence-electron chi connectivity index (χ1n) is 9.75. The van der Waals surface area contributed by atoms with E-state index in [0.29, 0.717) is 12.2 Å². The van der Waals surface area contributed by atoms with Gasteiger partial charge in [-0.15, -0.1) is 0 Å². The number of carbonyl (C=O) groups excluding carboxylic acids is 2. The van der Waals surface area contributed by atoms with Crippen LogP contribution in [0, 0.1) is 13.8 Å². The van der Waals surface area contributed by atoms with Crippen LogP contribution in [0.5, 0.6) is 0 Å². The smallest absolute Gasteiger partial charge is 0.339 e. The lowest BCUT2D eigenvalue weighted by molar-refractivity contribution is -0.116. The van der Waals surface area contributed by atoms with Gasteiger partial charge in [0.15, 0.2) is 0 Å². The van der Waals surface area contributed by atoms with Crippen LogP contribution in [-0.2, 0) is 22.5 Å². The van der Waals surface area contributed by atoms with E-state index in [4.69, 9.17) is 4.74 Å². The molecule has 0 aliphatic carbocycles. The summed E-state index contributed by atoms with van der Waals surface area (Å²) in [6.07, 6.45) is 0.742. The lowest BCUT2D eigenvalue weighted by Crippen LogP contribution is -2.21. The molecule has 0 bridgehead atoms. The highest BCUT2D eigenvalue weighted by Crippen LogP contribution is 2.20. The second kappa shape index (κ2) is 9.24. The fourth-order valence-corrected chi connectivity index (χ4v) is 3.41. The number of ether oxygens (including phenoxy) is 1. The van der Waals surface area contributed by atoms with Gasteiger partial charge in [-0.3, -0.25) is 4.79 Å². The summed E-state index contributed by atoms with van der Waals surface area (Å²) >= 11 is 0. The maximum Gasteiger partial charge on any atom is 0.339 e. The predicted molar refractivity (Wildman–Crippen MR) is 114 cm³/mol. The third kappa shape index (κ3) is 4.93. The summed E-state index contributed by atoms with van der Waals surface area (Å²) < 4.78 is 6.93. The number of anilines is 1. The van der Waals surface area contributed by atoms with Crippen molar-refractivity contribution < 1.29 is 14.3 Å². The molecule has 1 heterocycles. The number of hydrogen-bond donors (Lipinski definition) is 1. The van der Waals surface area contributed by atoms with E-state index >= 15 is 0 Å². The van der Waals surface area contributed by atoms with E-state index in [2.05, 4.69) is 17.4 Å². The zero-order valence-electron chi connectivity index (χ0n) is 17.1. The maximum absolute atomic E-state index is 12.7. The van der Waals surface area contributed by atoms with Crippen molar-refractivity contribution in [2.45, 2.75) is 33.7 Å². The van der Waals surface area contributed by atoms with Crippen LogP contribution in [0.15, 0.2) is 60.7 Å². The highest BCUT2D eigenvalue weighted by atomic mass is 16.5. The van der Waals surface area contributed by atoms with Crippen molar-refractivity contribution in [3.63, 3.8) is 0 Å². The Balaban J connectivity index is 1.75. The Labute approximate surface area is 171 Å². The van der Waals surface area contributed by atoms with Gasteiger partial charge in [-0.25, -0.2) is 4.79 Å². The first kappa shape index (κ1) is 20.4. The summed E-state index contributed by atoms with van der Waals surface area (Å²) in [6, 6.07) is 19.7. The lowest BCUT2D eigenvalue weighted by Gasteiger charge is -2.13. The van der Waals surface area contributed by atoms with Crippen molar-refractivity contribution >= 4 is 17.6 Å². The van der Waals surface area contributed by atoms with E-state index in [9.17, 15) is 9.59 Å². The van der Waals surface area contributed by atoms with Crippen LogP contribution in [0.2, 0.25) is 0 Å². The summed E-state index contributed by atoms with van der Waals surface area (Å²) in [5.41, 5.74) is 5.12. The summed E-state index contributed by atoms with van der Waals surface area (Å²) in [4.78, 5) is 24.8. The van der Waals surface area contributed by atoms with Gasteiger partial charge in [0.25, 0.3) is 0 Å². The summed E-state index contributed by atoms with van der Waals surface area (Å²) in [5, 5.41) is 3.02. The van der Waals surface area contributed by atoms with E-state index in [1.54, 1.807) is 13.0 Å².